The maximum atomic E-state index is 12.0. The molecule has 28 heavy (non-hydrogen) atoms. The van der Waals surface area contributed by atoms with Crippen LogP contribution in [-0.4, -0.2) is 30.1 Å². The highest BCUT2D eigenvalue weighted by atomic mass is 16.5. The number of anilines is 1. The van der Waals surface area contributed by atoms with Gasteiger partial charge < -0.3 is 19.8 Å². The van der Waals surface area contributed by atoms with Crippen molar-refractivity contribution in [3.05, 3.63) is 72.1 Å². The number of oxazole rings is 1. The molecule has 7 heteroatoms. The normalized spacial score (nSPS) is 10.3. The second-order valence-corrected chi connectivity index (χ2v) is 5.94. The van der Waals surface area contributed by atoms with Gasteiger partial charge >= 0.3 is 12.0 Å². The van der Waals surface area contributed by atoms with Gasteiger partial charge in [0.15, 0.2) is 0 Å². The summed E-state index contributed by atoms with van der Waals surface area (Å²) >= 11 is 0. The topological polar surface area (TPSA) is 93.5 Å². The van der Waals surface area contributed by atoms with E-state index in [0.29, 0.717) is 36.7 Å². The number of carbonyl (C=O) groups is 2. The fourth-order valence-corrected chi connectivity index (χ4v) is 2.52. The summed E-state index contributed by atoms with van der Waals surface area (Å²) in [5.41, 5.74) is 2.69. The predicted octanol–water partition coefficient (Wildman–Crippen LogP) is 3.88. The molecule has 3 rings (SSSR count). The molecule has 2 amide bonds. The Bertz CT molecular complexity index is 920. The monoisotopic (exact) mass is 379 g/mol. The van der Waals surface area contributed by atoms with Crippen molar-refractivity contribution in [2.75, 3.05) is 18.5 Å². The Hall–Kier alpha value is -3.61. The number of hydrogen-bond donors (Lipinski definition) is 2. The zero-order valence-electron chi connectivity index (χ0n) is 15.5. The van der Waals surface area contributed by atoms with Gasteiger partial charge in [0.05, 0.1) is 17.9 Å². The fourth-order valence-electron chi connectivity index (χ4n) is 2.52. The second-order valence-electron chi connectivity index (χ2n) is 5.94. The molecule has 0 spiro atoms. The Morgan fingerprint density at radius 2 is 1.82 bits per heavy atom. The van der Waals surface area contributed by atoms with Gasteiger partial charge in [-0.1, -0.05) is 18.2 Å². The minimum atomic E-state index is -0.388. The number of aromatic nitrogens is 1. The molecule has 0 atom stereocenters. The number of hydrogen-bond acceptors (Lipinski definition) is 5. The molecule has 7 nitrogen and oxygen atoms in total. The number of nitrogens with zero attached hydrogens (tertiary/aromatic N) is 1. The summed E-state index contributed by atoms with van der Waals surface area (Å²) in [6, 6.07) is 15.8. The summed E-state index contributed by atoms with van der Waals surface area (Å²) in [6.45, 7) is 2.48. The van der Waals surface area contributed by atoms with Crippen LogP contribution in [0.25, 0.3) is 11.5 Å². The van der Waals surface area contributed by atoms with Crippen LogP contribution in [0.2, 0.25) is 0 Å². The summed E-state index contributed by atoms with van der Waals surface area (Å²) in [4.78, 5) is 28.0. The average molecular weight is 379 g/mol. The number of nitrogens with one attached hydrogen (secondary N) is 2. The van der Waals surface area contributed by atoms with E-state index in [1.807, 2.05) is 30.3 Å². The van der Waals surface area contributed by atoms with Crippen LogP contribution in [0.1, 0.15) is 23.0 Å². The molecule has 0 aliphatic rings. The number of amides is 2. The van der Waals surface area contributed by atoms with Crippen molar-refractivity contribution < 1.29 is 18.7 Å². The number of benzene rings is 2. The summed E-state index contributed by atoms with van der Waals surface area (Å²) in [5, 5.41) is 5.47. The quantitative estimate of drug-likeness (QED) is 0.608. The third-order valence-corrected chi connectivity index (χ3v) is 3.89. The molecule has 3 aromatic rings. The highest BCUT2D eigenvalue weighted by molar-refractivity contribution is 5.92. The molecule has 2 aromatic carbocycles. The molecule has 0 aliphatic heterocycles. The van der Waals surface area contributed by atoms with Crippen molar-refractivity contribution >= 4 is 17.7 Å². The Morgan fingerprint density at radius 3 is 2.54 bits per heavy atom. The summed E-state index contributed by atoms with van der Waals surface area (Å²) in [6.07, 6.45) is 2.14. The molecule has 1 aromatic heterocycles. The minimum Gasteiger partial charge on any atom is -0.462 e. The molecular formula is C21H21N3O4. The van der Waals surface area contributed by atoms with Crippen LogP contribution in [0, 0.1) is 0 Å². The zero-order valence-corrected chi connectivity index (χ0v) is 15.5. The van der Waals surface area contributed by atoms with Crippen LogP contribution in [0.5, 0.6) is 0 Å². The number of urea groups is 1. The van der Waals surface area contributed by atoms with Crippen LogP contribution in [0.3, 0.4) is 0 Å². The lowest BCUT2D eigenvalue weighted by atomic mass is 10.2. The first-order valence-electron chi connectivity index (χ1n) is 8.97. The Balaban J connectivity index is 1.45. The number of ether oxygens (including phenoxy) is 1. The van der Waals surface area contributed by atoms with Crippen molar-refractivity contribution in [1.82, 2.24) is 10.3 Å². The van der Waals surface area contributed by atoms with E-state index in [1.54, 1.807) is 37.5 Å². The predicted molar refractivity (Wildman–Crippen MR) is 105 cm³/mol. The third-order valence-electron chi connectivity index (χ3n) is 3.89. The van der Waals surface area contributed by atoms with E-state index >= 15 is 0 Å². The standard InChI is InChI=1S/C21H21N3O4/c1-2-27-20(25)16-8-10-17(11-9-16)24-21(26)22-13-12-18-14-28-19(23-18)15-6-4-3-5-7-15/h3-11,14H,2,12-13H2,1H3,(H2,22,24,26). The van der Waals surface area contributed by atoms with Crippen molar-refractivity contribution in [2.45, 2.75) is 13.3 Å². The van der Waals surface area contributed by atoms with Gasteiger partial charge in [-0.25, -0.2) is 14.6 Å². The highest BCUT2D eigenvalue weighted by Gasteiger charge is 2.08. The SMILES string of the molecule is CCOC(=O)c1ccc(NC(=O)NCCc2coc(-c3ccccc3)n2)cc1. The molecule has 0 fully saturated rings. The van der Waals surface area contributed by atoms with Gasteiger partial charge in [-0.3, -0.25) is 0 Å². The van der Waals surface area contributed by atoms with Crippen molar-refractivity contribution in [1.29, 1.82) is 0 Å². The minimum absolute atomic E-state index is 0.319. The van der Waals surface area contributed by atoms with E-state index in [2.05, 4.69) is 15.6 Å². The molecule has 2 N–H and O–H groups in total. The van der Waals surface area contributed by atoms with E-state index in [0.717, 1.165) is 11.3 Å². The van der Waals surface area contributed by atoms with Crippen LogP contribution in [0.15, 0.2) is 65.3 Å². The molecule has 0 unspecified atom stereocenters. The Kier molecular flexibility index (Phi) is 6.41. The Morgan fingerprint density at radius 1 is 1.07 bits per heavy atom. The van der Waals surface area contributed by atoms with Crippen LogP contribution in [-0.2, 0) is 11.2 Å². The first-order valence-corrected chi connectivity index (χ1v) is 8.97. The number of rotatable bonds is 7. The molecule has 0 aliphatic carbocycles. The molecule has 1 heterocycles. The van der Waals surface area contributed by atoms with Crippen LogP contribution >= 0.6 is 0 Å². The largest absolute Gasteiger partial charge is 0.462 e. The molecule has 144 valence electrons. The van der Waals surface area contributed by atoms with Crippen molar-refractivity contribution in [2.24, 2.45) is 0 Å². The van der Waals surface area contributed by atoms with Gasteiger partial charge in [-0.15, -0.1) is 0 Å². The average Bonchev–Trinajstić information content (AvgIpc) is 3.18. The zero-order chi connectivity index (χ0) is 19.8. The second kappa shape index (κ2) is 9.36. The van der Waals surface area contributed by atoms with E-state index in [9.17, 15) is 9.59 Å². The smallest absolute Gasteiger partial charge is 0.338 e. The first kappa shape index (κ1) is 19.2. The molecule has 0 bridgehead atoms. The van der Waals surface area contributed by atoms with E-state index < -0.39 is 0 Å². The lowest BCUT2D eigenvalue weighted by Gasteiger charge is -2.07. The molecule has 0 radical (unpaired) electrons. The van der Waals surface area contributed by atoms with E-state index in [1.165, 1.54) is 0 Å². The third kappa shape index (κ3) is 5.20. The summed E-state index contributed by atoms with van der Waals surface area (Å²) < 4.78 is 10.4. The van der Waals surface area contributed by atoms with Gasteiger partial charge in [0.25, 0.3) is 0 Å². The highest BCUT2D eigenvalue weighted by Crippen LogP contribution is 2.18. The maximum absolute atomic E-state index is 12.0. The van der Waals surface area contributed by atoms with Crippen LogP contribution < -0.4 is 10.6 Å². The van der Waals surface area contributed by atoms with E-state index in [-0.39, 0.29) is 12.0 Å². The maximum Gasteiger partial charge on any atom is 0.338 e. The van der Waals surface area contributed by atoms with Crippen molar-refractivity contribution in [3.63, 3.8) is 0 Å². The molecule has 0 saturated heterocycles. The summed E-state index contributed by atoms with van der Waals surface area (Å²) in [7, 11) is 0. The summed E-state index contributed by atoms with van der Waals surface area (Å²) in [5.74, 6) is 0.169. The fraction of sp³-hybridized carbons (Fsp3) is 0.190. The van der Waals surface area contributed by atoms with Gasteiger partial charge in [-0.05, 0) is 43.3 Å². The lowest BCUT2D eigenvalue weighted by molar-refractivity contribution is 0.0526. The van der Waals surface area contributed by atoms with Crippen molar-refractivity contribution in [3.8, 4) is 11.5 Å². The lowest BCUT2D eigenvalue weighted by Crippen LogP contribution is -2.30. The molecule has 0 saturated carbocycles. The van der Waals surface area contributed by atoms with Gasteiger partial charge in [0, 0.05) is 24.2 Å². The van der Waals surface area contributed by atoms with E-state index in [4.69, 9.17) is 9.15 Å². The Labute approximate surface area is 162 Å². The number of carbonyl (C=O) groups excluding carboxylic acids is 2. The van der Waals surface area contributed by atoms with Gasteiger partial charge in [-0.2, -0.15) is 0 Å². The first-order chi connectivity index (χ1) is 13.7. The van der Waals surface area contributed by atoms with Crippen LogP contribution in [0.4, 0.5) is 10.5 Å². The van der Waals surface area contributed by atoms with Gasteiger partial charge in [0.2, 0.25) is 5.89 Å². The number of esters is 1. The van der Waals surface area contributed by atoms with Gasteiger partial charge in [0.1, 0.15) is 6.26 Å². The molecular weight excluding hydrogens is 358 g/mol.